The van der Waals surface area contributed by atoms with Crippen LogP contribution in [0.4, 0.5) is 0 Å². The van der Waals surface area contributed by atoms with Gasteiger partial charge in [0.2, 0.25) is 0 Å². The minimum absolute atomic E-state index is 0.0137. The lowest BCUT2D eigenvalue weighted by Crippen LogP contribution is -2.44. The van der Waals surface area contributed by atoms with Crippen molar-refractivity contribution in [1.29, 1.82) is 0 Å². The summed E-state index contributed by atoms with van der Waals surface area (Å²) < 4.78 is 12.2. The molecule has 1 amide bonds. The number of amides is 1. The van der Waals surface area contributed by atoms with E-state index in [1.165, 1.54) is 0 Å². The Kier molecular flexibility index (Phi) is 5.36. The summed E-state index contributed by atoms with van der Waals surface area (Å²) in [4.78, 5) is 14.6. The summed E-state index contributed by atoms with van der Waals surface area (Å²) in [5, 5.41) is 4.08. The molecule has 6 heteroatoms. The van der Waals surface area contributed by atoms with Crippen LogP contribution < -0.4 is 0 Å². The topological polar surface area (TPSA) is 56.6 Å². The van der Waals surface area contributed by atoms with E-state index in [2.05, 4.69) is 12.0 Å². The van der Waals surface area contributed by atoms with Gasteiger partial charge in [-0.1, -0.05) is 6.92 Å². The van der Waals surface area contributed by atoms with Crippen LogP contribution in [-0.2, 0) is 16.5 Å². The number of carbonyl (C=O) groups is 1. The van der Waals surface area contributed by atoms with E-state index in [0.29, 0.717) is 18.8 Å². The Morgan fingerprint density at radius 3 is 2.81 bits per heavy atom. The van der Waals surface area contributed by atoms with Gasteiger partial charge in [0.25, 0.3) is 5.91 Å². The van der Waals surface area contributed by atoms with Crippen LogP contribution in [0, 0.1) is 5.41 Å². The summed E-state index contributed by atoms with van der Waals surface area (Å²) in [7, 11) is 3.45. The molecule has 0 atom stereocenters. The van der Waals surface area contributed by atoms with Gasteiger partial charge in [-0.3, -0.25) is 9.48 Å². The molecular weight excluding hydrogens is 270 g/mol. The number of methoxy groups -OCH3 is 1. The van der Waals surface area contributed by atoms with E-state index in [-0.39, 0.29) is 11.3 Å². The molecule has 1 saturated heterocycles. The Morgan fingerprint density at radius 2 is 2.24 bits per heavy atom. The number of hydrogen-bond donors (Lipinski definition) is 0. The first kappa shape index (κ1) is 16.0. The number of aryl methyl sites for hydroxylation is 1. The average molecular weight is 295 g/mol. The van der Waals surface area contributed by atoms with Crippen LogP contribution in [0.5, 0.6) is 0 Å². The zero-order valence-electron chi connectivity index (χ0n) is 13.2. The first-order chi connectivity index (χ1) is 10.1. The third kappa shape index (κ3) is 4.04. The van der Waals surface area contributed by atoms with Crippen molar-refractivity contribution in [2.24, 2.45) is 12.5 Å². The molecule has 1 aliphatic heterocycles. The van der Waals surface area contributed by atoms with Gasteiger partial charge in [-0.05, 0) is 24.3 Å². The summed E-state index contributed by atoms with van der Waals surface area (Å²) in [5.74, 6) is 0.0137. The van der Waals surface area contributed by atoms with Gasteiger partial charge in [0.1, 0.15) is 5.69 Å². The van der Waals surface area contributed by atoms with Crippen molar-refractivity contribution in [3.63, 3.8) is 0 Å². The van der Waals surface area contributed by atoms with Gasteiger partial charge in [-0.2, -0.15) is 5.10 Å². The van der Waals surface area contributed by atoms with Gasteiger partial charge in [-0.25, -0.2) is 0 Å². The number of rotatable bonds is 6. The van der Waals surface area contributed by atoms with Crippen LogP contribution in [0.2, 0.25) is 0 Å². The van der Waals surface area contributed by atoms with Gasteiger partial charge in [-0.15, -0.1) is 0 Å². The van der Waals surface area contributed by atoms with Crippen LogP contribution in [0.3, 0.4) is 0 Å². The molecule has 0 spiro atoms. The molecule has 0 bridgehead atoms. The highest BCUT2D eigenvalue weighted by Crippen LogP contribution is 2.31. The van der Waals surface area contributed by atoms with Crippen molar-refractivity contribution in [2.75, 3.05) is 40.0 Å². The van der Waals surface area contributed by atoms with Crippen LogP contribution in [0.25, 0.3) is 0 Å². The van der Waals surface area contributed by atoms with Crippen molar-refractivity contribution in [3.8, 4) is 0 Å². The Labute approximate surface area is 126 Å². The lowest BCUT2D eigenvalue weighted by atomic mass is 9.82. The van der Waals surface area contributed by atoms with Gasteiger partial charge in [0.05, 0.1) is 6.61 Å². The van der Waals surface area contributed by atoms with Crippen LogP contribution in [-0.4, -0.2) is 60.6 Å². The Hall–Kier alpha value is -1.40. The fourth-order valence-electron chi connectivity index (χ4n) is 2.68. The summed E-state index contributed by atoms with van der Waals surface area (Å²) in [6.45, 7) is 5.63. The fraction of sp³-hybridized carbons (Fsp3) is 0.733. The molecule has 1 aromatic heterocycles. The molecule has 0 aliphatic carbocycles. The van der Waals surface area contributed by atoms with E-state index >= 15 is 0 Å². The summed E-state index contributed by atoms with van der Waals surface area (Å²) in [6, 6.07) is 1.76. The van der Waals surface area contributed by atoms with Crippen molar-refractivity contribution in [3.05, 3.63) is 18.0 Å². The molecule has 0 aromatic carbocycles. The van der Waals surface area contributed by atoms with E-state index in [1.807, 2.05) is 4.90 Å². The van der Waals surface area contributed by atoms with Gasteiger partial charge >= 0.3 is 0 Å². The normalized spacial score (nSPS) is 17.7. The van der Waals surface area contributed by atoms with Crippen molar-refractivity contribution < 1.29 is 14.3 Å². The Morgan fingerprint density at radius 1 is 1.52 bits per heavy atom. The van der Waals surface area contributed by atoms with E-state index in [0.717, 1.165) is 32.6 Å². The SMILES string of the molecule is COCCN(CC1(C)CCOCC1)C(=O)c1ccnn1C. The number of ether oxygens (including phenoxy) is 2. The average Bonchev–Trinajstić information content (AvgIpc) is 2.89. The quantitative estimate of drug-likeness (QED) is 0.794. The van der Waals surface area contributed by atoms with E-state index in [4.69, 9.17) is 9.47 Å². The van der Waals surface area contributed by atoms with Crippen LogP contribution >= 0.6 is 0 Å². The van der Waals surface area contributed by atoms with Crippen molar-refractivity contribution >= 4 is 5.91 Å². The zero-order chi connectivity index (χ0) is 15.3. The third-order valence-electron chi connectivity index (χ3n) is 4.17. The molecule has 0 unspecified atom stereocenters. The molecule has 1 aromatic rings. The maximum atomic E-state index is 12.7. The van der Waals surface area contributed by atoms with Gasteiger partial charge < -0.3 is 14.4 Å². The highest BCUT2D eigenvalue weighted by molar-refractivity contribution is 5.92. The first-order valence-electron chi connectivity index (χ1n) is 7.40. The summed E-state index contributed by atoms with van der Waals surface area (Å²) in [6.07, 6.45) is 3.61. The van der Waals surface area contributed by atoms with Gasteiger partial charge in [0.15, 0.2) is 0 Å². The maximum Gasteiger partial charge on any atom is 0.272 e. The van der Waals surface area contributed by atoms with E-state index in [1.54, 1.807) is 31.1 Å². The van der Waals surface area contributed by atoms with Crippen molar-refractivity contribution in [2.45, 2.75) is 19.8 Å². The third-order valence-corrected chi connectivity index (χ3v) is 4.17. The minimum Gasteiger partial charge on any atom is -0.383 e. The lowest BCUT2D eigenvalue weighted by molar-refractivity contribution is 0.00249. The fourth-order valence-corrected chi connectivity index (χ4v) is 2.68. The smallest absolute Gasteiger partial charge is 0.272 e. The Bertz CT molecular complexity index is 466. The Balaban J connectivity index is 2.10. The molecular formula is C15H25N3O3. The number of nitrogens with zero attached hydrogens (tertiary/aromatic N) is 3. The molecule has 0 radical (unpaired) electrons. The first-order valence-corrected chi connectivity index (χ1v) is 7.40. The number of carbonyl (C=O) groups excluding carboxylic acids is 1. The molecule has 2 heterocycles. The molecule has 118 valence electrons. The molecule has 2 rings (SSSR count). The van der Waals surface area contributed by atoms with Crippen molar-refractivity contribution in [1.82, 2.24) is 14.7 Å². The highest BCUT2D eigenvalue weighted by Gasteiger charge is 2.32. The zero-order valence-corrected chi connectivity index (χ0v) is 13.2. The molecule has 0 N–H and O–H groups in total. The molecule has 21 heavy (non-hydrogen) atoms. The second-order valence-electron chi connectivity index (χ2n) is 5.98. The lowest BCUT2D eigenvalue weighted by Gasteiger charge is -2.38. The highest BCUT2D eigenvalue weighted by atomic mass is 16.5. The summed E-state index contributed by atoms with van der Waals surface area (Å²) in [5.41, 5.74) is 0.724. The predicted octanol–water partition coefficient (Wildman–Crippen LogP) is 1.33. The van der Waals surface area contributed by atoms with Crippen LogP contribution in [0.1, 0.15) is 30.3 Å². The van der Waals surface area contributed by atoms with E-state index in [9.17, 15) is 4.79 Å². The predicted molar refractivity (Wildman–Crippen MR) is 79.1 cm³/mol. The molecule has 1 aliphatic rings. The standard InChI is InChI=1S/C15H25N3O3/c1-15(5-9-21-10-6-15)12-18(8-11-20-3)14(19)13-4-7-16-17(13)2/h4,7H,5-6,8-12H2,1-3H3. The minimum atomic E-state index is 0.0137. The molecule has 6 nitrogen and oxygen atoms in total. The number of hydrogen-bond acceptors (Lipinski definition) is 4. The maximum absolute atomic E-state index is 12.7. The monoisotopic (exact) mass is 295 g/mol. The number of aromatic nitrogens is 2. The van der Waals surface area contributed by atoms with Crippen LogP contribution in [0.15, 0.2) is 12.3 Å². The largest absolute Gasteiger partial charge is 0.383 e. The summed E-state index contributed by atoms with van der Waals surface area (Å²) >= 11 is 0. The molecule has 1 fully saturated rings. The van der Waals surface area contributed by atoms with Gasteiger partial charge in [0, 0.05) is 46.7 Å². The second kappa shape index (κ2) is 7.04. The molecule has 0 saturated carbocycles. The van der Waals surface area contributed by atoms with E-state index < -0.39 is 0 Å². The second-order valence-corrected chi connectivity index (χ2v) is 5.98.